The molecule has 0 aliphatic rings. The monoisotopic (exact) mass is 384 g/mol. The van der Waals surface area contributed by atoms with Gasteiger partial charge in [-0.05, 0) is 61.7 Å². The van der Waals surface area contributed by atoms with E-state index < -0.39 is 12.6 Å². The lowest BCUT2D eigenvalue weighted by molar-refractivity contribution is -0.139. The summed E-state index contributed by atoms with van der Waals surface area (Å²) < 4.78 is 5.29. The second-order valence-electron chi connectivity index (χ2n) is 6.80. The van der Waals surface area contributed by atoms with Gasteiger partial charge in [0.05, 0.1) is 0 Å². The highest BCUT2D eigenvalue weighted by atomic mass is 16.5. The molecule has 2 aromatic rings. The summed E-state index contributed by atoms with van der Waals surface area (Å²) >= 11 is 0. The van der Waals surface area contributed by atoms with E-state index in [9.17, 15) is 14.4 Å². The van der Waals surface area contributed by atoms with Crippen LogP contribution in [0.2, 0.25) is 0 Å². The molecule has 0 aliphatic carbocycles. The average molecular weight is 384 g/mol. The van der Waals surface area contributed by atoms with Gasteiger partial charge in [0.1, 0.15) is 5.75 Å². The minimum Gasteiger partial charge on any atom is -0.481 e. The van der Waals surface area contributed by atoms with Gasteiger partial charge in [-0.15, -0.1) is 0 Å². The summed E-state index contributed by atoms with van der Waals surface area (Å²) in [5.41, 5.74) is 3.61. The van der Waals surface area contributed by atoms with Crippen molar-refractivity contribution in [2.45, 2.75) is 20.8 Å². The van der Waals surface area contributed by atoms with Gasteiger partial charge >= 0.3 is 5.97 Å². The van der Waals surface area contributed by atoms with Gasteiger partial charge in [0, 0.05) is 30.9 Å². The maximum absolute atomic E-state index is 12.7. The zero-order chi connectivity index (χ0) is 21.0. The second kappa shape index (κ2) is 8.56. The molecule has 148 valence electrons. The van der Waals surface area contributed by atoms with E-state index >= 15 is 0 Å². The number of carbonyl (C=O) groups excluding carboxylic acids is 2. The number of rotatable bonds is 6. The highest BCUT2D eigenvalue weighted by Gasteiger charge is 2.15. The van der Waals surface area contributed by atoms with Crippen molar-refractivity contribution in [1.82, 2.24) is 4.90 Å². The maximum Gasteiger partial charge on any atom is 0.341 e. The Morgan fingerprint density at radius 1 is 1.00 bits per heavy atom. The topological polar surface area (TPSA) is 95.9 Å². The number of nitrogens with one attached hydrogen (secondary N) is 1. The number of aliphatic carboxylic acids is 1. The zero-order valence-corrected chi connectivity index (χ0v) is 16.6. The molecule has 0 saturated heterocycles. The average Bonchev–Trinajstić information content (AvgIpc) is 2.61. The molecule has 0 bridgehead atoms. The summed E-state index contributed by atoms with van der Waals surface area (Å²) in [7, 11) is 3.35. The highest BCUT2D eigenvalue weighted by molar-refractivity contribution is 6.05. The molecule has 0 fully saturated rings. The van der Waals surface area contributed by atoms with Crippen molar-refractivity contribution in [3.63, 3.8) is 0 Å². The molecule has 0 atom stereocenters. The van der Waals surface area contributed by atoms with Crippen LogP contribution in [-0.4, -0.2) is 48.5 Å². The smallest absolute Gasteiger partial charge is 0.341 e. The Morgan fingerprint density at radius 2 is 1.61 bits per heavy atom. The Bertz CT molecular complexity index is 911. The number of carboxylic acids is 1. The van der Waals surface area contributed by atoms with Crippen LogP contribution in [0.4, 0.5) is 5.69 Å². The molecule has 2 rings (SSSR count). The lowest BCUT2D eigenvalue weighted by Crippen LogP contribution is -2.23. The van der Waals surface area contributed by atoms with Crippen molar-refractivity contribution in [2.24, 2.45) is 0 Å². The van der Waals surface area contributed by atoms with E-state index in [-0.39, 0.29) is 11.8 Å². The molecule has 7 nitrogen and oxygen atoms in total. The zero-order valence-electron chi connectivity index (χ0n) is 16.6. The van der Waals surface area contributed by atoms with Crippen molar-refractivity contribution in [3.8, 4) is 5.75 Å². The predicted octanol–water partition coefficient (Wildman–Crippen LogP) is 3.03. The minimum absolute atomic E-state index is 0.139. The molecule has 2 aromatic carbocycles. The summed E-state index contributed by atoms with van der Waals surface area (Å²) in [6, 6.07) is 8.45. The van der Waals surface area contributed by atoms with Gasteiger partial charge in [-0.25, -0.2) is 4.79 Å². The van der Waals surface area contributed by atoms with E-state index in [0.29, 0.717) is 33.7 Å². The summed E-state index contributed by atoms with van der Waals surface area (Å²) in [6.45, 7) is 4.89. The number of benzene rings is 2. The SMILES string of the molecule is Cc1ccc(NC(=O)c2cc(C)c(OCC(=O)O)c(C)c2)cc1C(=O)N(C)C. The summed E-state index contributed by atoms with van der Waals surface area (Å²) in [5, 5.41) is 11.6. The summed E-state index contributed by atoms with van der Waals surface area (Å²) in [5.74, 6) is -1.08. The molecular weight excluding hydrogens is 360 g/mol. The Hall–Kier alpha value is -3.35. The third-order valence-corrected chi connectivity index (χ3v) is 4.19. The Labute approximate surface area is 163 Å². The number of hydrogen-bond donors (Lipinski definition) is 2. The summed E-state index contributed by atoms with van der Waals surface area (Å²) in [4.78, 5) is 37.1. The fourth-order valence-electron chi connectivity index (χ4n) is 2.82. The molecule has 0 aliphatic heterocycles. The van der Waals surface area contributed by atoms with Crippen LogP contribution < -0.4 is 10.1 Å². The molecule has 2 N–H and O–H groups in total. The normalized spacial score (nSPS) is 10.3. The Kier molecular flexibility index (Phi) is 6.41. The lowest BCUT2D eigenvalue weighted by atomic mass is 10.0. The first kappa shape index (κ1) is 21.0. The number of carboxylic acid groups (broad SMARTS) is 1. The molecule has 7 heteroatoms. The minimum atomic E-state index is -1.07. The third kappa shape index (κ3) is 4.88. The van der Waals surface area contributed by atoms with E-state index in [2.05, 4.69) is 5.32 Å². The number of aryl methyl sites for hydroxylation is 3. The molecule has 0 heterocycles. The largest absolute Gasteiger partial charge is 0.481 e. The quantitative estimate of drug-likeness (QED) is 0.798. The number of anilines is 1. The fourth-order valence-corrected chi connectivity index (χ4v) is 2.82. The summed E-state index contributed by atoms with van der Waals surface area (Å²) in [6.07, 6.45) is 0. The van der Waals surface area contributed by atoms with Gasteiger partial charge in [-0.1, -0.05) is 6.07 Å². The maximum atomic E-state index is 12.7. The van der Waals surface area contributed by atoms with Gasteiger partial charge in [0.15, 0.2) is 6.61 Å². The third-order valence-electron chi connectivity index (χ3n) is 4.19. The molecule has 0 radical (unpaired) electrons. The molecule has 28 heavy (non-hydrogen) atoms. The first-order valence-electron chi connectivity index (χ1n) is 8.69. The van der Waals surface area contributed by atoms with Crippen LogP contribution in [0.1, 0.15) is 37.4 Å². The molecule has 0 aromatic heterocycles. The molecule has 0 unspecified atom stereocenters. The first-order chi connectivity index (χ1) is 13.1. The van der Waals surface area contributed by atoms with Crippen molar-refractivity contribution >= 4 is 23.5 Å². The van der Waals surface area contributed by atoms with E-state index in [0.717, 1.165) is 5.56 Å². The number of amides is 2. The Balaban J connectivity index is 2.25. The van der Waals surface area contributed by atoms with Crippen LogP contribution in [-0.2, 0) is 4.79 Å². The fraction of sp³-hybridized carbons (Fsp3) is 0.286. The van der Waals surface area contributed by atoms with Crippen molar-refractivity contribution in [2.75, 3.05) is 26.0 Å². The van der Waals surface area contributed by atoms with Gasteiger partial charge in [-0.3, -0.25) is 9.59 Å². The van der Waals surface area contributed by atoms with E-state index in [1.165, 1.54) is 4.90 Å². The van der Waals surface area contributed by atoms with E-state index in [1.54, 1.807) is 58.3 Å². The standard InChI is InChI=1S/C21H24N2O5/c1-12-6-7-16(10-17(12)21(27)23(4)5)22-20(26)15-8-13(2)19(14(3)9-15)28-11-18(24)25/h6-10H,11H2,1-5H3,(H,22,26)(H,24,25). The van der Waals surface area contributed by atoms with Gasteiger partial charge in [0.2, 0.25) is 0 Å². The van der Waals surface area contributed by atoms with Gasteiger partial charge in [-0.2, -0.15) is 0 Å². The predicted molar refractivity (Wildman–Crippen MR) is 106 cm³/mol. The van der Waals surface area contributed by atoms with Crippen molar-refractivity contribution in [1.29, 1.82) is 0 Å². The van der Waals surface area contributed by atoms with Gasteiger partial charge < -0.3 is 20.1 Å². The van der Waals surface area contributed by atoms with Crippen molar-refractivity contribution < 1.29 is 24.2 Å². The van der Waals surface area contributed by atoms with Crippen LogP contribution in [0.15, 0.2) is 30.3 Å². The van der Waals surface area contributed by atoms with Crippen LogP contribution in [0.3, 0.4) is 0 Å². The first-order valence-corrected chi connectivity index (χ1v) is 8.69. The van der Waals surface area contributed by atoms with Crippen molar-refractivity contribution in [3.05, 3.63) is 58.1 Å². The number of ether oxygens (including phenoxy) is 1. The van der Waals surface area contributed by atoms with Gasteiger partial charge in [0.25, 0.3) is 11.8 Å². The lowest BCUT2D eigenvalue weighted by Gasteiger charge is -2.15. The number of hydrogen-bond acceptors (Lipinski definition) is 4. The van der Waals surface area contributed by atoms with Crippen LogP contribution >= 0.6 is 0 Å². The Morgan fingerprint density at radius 3 is 2.14 bits per heavy atom. The van der Waals surface area contributed by atoms with E-state index in [1.807, 2.05) is 6.92 Å². The number of nitrogens with zero attached hydrogens (tertiary/aromatic N) is 1. The molecule has 2 amide bonds. The highest BCUT2D eigenvalue weighted by Crippen LogP contribution is 2.26. The second-order valence-corrected chi connectivity index (χ2v) is 6.80. The van der Waals surface area contributed by atoms with Crippen LogP contribution in [0, 0.1) is 20.8 Å². The van der Waals surface area contributed by atoms with Crippen LogP contribution in [0.25, 0.3) is 0 Å². The molecule has 0 saturated carbocycles. The number of carbonyl (C=O) groups is 3. The molecule has 0 spiro atoms. The molecular formula is C21H24N2O5. The van der Waals surface area contributed by atoms with Crippen LogP contribution in [0.5, 0.6) is 5.75 Å². The van der Waals surface area contributed by atoms with E-state index in [4.69, 9.17) is 9.84 Å².